The van der Waals surface area contributed by atoms with Gasteiger partial charge in [0.2, 0.25) is 0 Å². The fraction of sp³-hybridized carbons (Fsp3) is 0.611. The number of urea groups is 1. The molecule has 1 aromatic carbocycles. The smallest absolute Gasteiger partial charge is 0.318 e. The summed E-state index contributed by atoms with van der Waals surface area (Å²) in [5, 5.41) is 3.30. The average Bonchev–Trinajstić information content (AvgIpc) is 2.70. The lowest BCUT2D eigenvalue weighted by atomic mass is 9.99. The minimum absolute atomic E-state index is 0.129. The lowest BCUT2D eigenvalue weighted by molar-refractivity contribution is 0.154. The van der Waals surface area contributed by atoms with E-state index in [2.05, 4.69) is 36.5 Å². The van der Waals surface area contributed by atoms with E-state index in [1.54, 1.807) is 0 Å². The molecule has 3 nitrogen and oxygen atoms in total. The first-order chi connectivity index (χ1) is 10.3. The molecule has 1 fully saturated rings. The first-order valence-corrected chi connectivity index (χ1v) is 8.40. The highest BCUT2D eigenvalue weighted by atomic mass is 16.2. The Kier molecular flexibility index (Phi) is 4.47. The predicted molar refractivity (Wildman–Crippen MR) is 85.3 cm³/mol. The van der Waals surface area contributed by atoms with Crippen molar-refractivity contribution < 1.29 is 4.79 Å². The second kappa shape index (κ2) is 6.50. The third kappa shape index (κ3) is 3.22. The third-order valence-corrected chi connectivity index (χ3v) is 4.98. The molecule has 1 heterocycles. The molecule has 1 N–H and O–H groups in total. The van der Waals surface area contributed by atoms with Crippen molar-refractivity contribution in [3.8, 4) is 0 Å². The molecule has 1 aliphatic carbocycles. The molecular weight excluding hydrogens is 260 g/mol. The largest absolute Gasteiger partial charge is 0.331 e. The van der Waals surface area contributed by atoms with Gasteiger partial charge in [0.25, 0.3) is 0 Å². The van der Waals surface area contributed by atoms with E-state index < -0.39 is 0 Å². The van der Waals surface area contributed by atoms with Gasteiger partial charge in [-0.3, -0.25) is 0 Å². The highest BCUT2D eigenvalue weighted by Crippen LogP contribution is 2.29. The van der Waals surface area contributed by atoms with E-state index in [-0.39, 0.29) is 12.1 Å². The first kappa shape index (κ1) is 14.4. The van der Waals surface area contributed by atoms with E-state index in [0.717, 1.165) is 32.2 Å². The van der Waals surface area contributed by atoms with Crippen LogP contribution in [0, 0.1) is 0 Å². The number of likely N-dealkylation sites (tertiary alicyclic amines) is 1. The predicted octanol–water partition coefficient (Wildman–Crippen LogP) is 4.04. The van der Waals surface area contributed by atoms with Crippen LogP contribution in [0.5, 0.6) is 0 Å². The van der Waals surface area contributed by atoms with Crippen molar-refractivity contribution in [3.05, 3.63) is 35.4 Å². The molecule has 1 saturated heterocycles. The van der Waals surface area contributed by atoms with E-state index >= 15 is 0 Å². The van der Waals surface area contributed by atoms with Gasteiger partial charge in [-0.15, -0.1) is 0 Å². The van der Waals surface area contributed by atoms with E-state index in [9.17, 15) is 4.79 Å². The number of piperidine rings is 1. The summed E-state index contributed by atoms with van der Waals surface area (Å²) in [5.41, 5.74) is 2.74. The molecule has 1 aliphatic heterocycles. The van der Waals surface area contributed by atoms with Crippen molar-refractivity contribution in [1.82, 2.24) is 10.2 Å². The Morgan fingerprint density at radius 3 is 2.81 bits per heavy atom. The van der Waals surface area contributed by atoms with Gasteiger partial charge in [-0.05, 0) is 56.6 Å². The Morgan fingerprint density at radius 2 is 1.95 bits per heavy atom. The number of amides is 2. The second-order valence-electron chi connectivity index (χ2n) is 6.48. The summed E-state index contributed by atoms with van der Waals surface area (Å²) in [6.07, 6.45) is 8.14. The molecule has 2 amide bonds. The van der Waals surface area contributed by atoms with Crippen LogP contribution in [0.2, 0.25) is 0 Å². The van der Waals surface area contributed by atoms with Gasteiger partial charge in [0, 0.05) is 12.6 Å². The standard InChI is InChI=1S/C18H26N2O/c1-14-8-6-7-13-20(14)18(21)19-17-12-5-3-10-15-9-2-4-11-16(15)17/h2,4,9,11,14,17H,3,5-8,10,12-13H2,1H3,(H,19,21). The van der Waals surface area contributed by atoms with E-state index in [0.29, 0.717) is 6.04 Å². The van der Waals surface area contributed by atoms with E-state index in [1.165, 1.54) is 30.4 Å². The minimum atomic E-state index is 0.129. The number of benzene rings is 1. The van der Waals surface area contributed by atoms with Gasteiger partial charge >= 0.3 is 6.03 Å². The Hall–Kier alpha value is -1.51. The number of fused-ring (bicyclic) bond motifs is 1. The summed E-state index contributed by atoms with van der Waals surface area (Å²) in [4.78, 5) is 14.6. The molecular formula is C18H26N2O. The number of nitrogens with zero attached hydrogens (tertiary/aromatic N) is 1. The normalized spacial score (nSPS) is 25.9. The van der Waals surface area contributed by atoms with Crippen LogP contribution in [0.25, 0.3) is 0 Å². The van der Waals surface area contributed by atoms with Gasteiger partial charge in [-0.2, -0.15) is 0 Å². The SMILES string of the molecule is CC1CCCCN1C(=O)NC1CCCCc2ccccc21. The molecule has 0 spiro atoms. The van der Waals surface area contributed by atoms with Crippen molar-refractivity contribution >= 4 is 6.03 Å². The number of carbonyl (C=O) groups excluding carboxylic acids is 1. The molecule has 21 heavy (non-hydrogen) atoms. The van der Waals surface area contributed by atoms with Crippen molar-refractivity contribution in [2.45, 2.75) is 64.0 Å². The maximum atomic E-state index is 12.6. The number of nitrogens with one attached hydrogen (secondary N) is 1. The molecule has 1 aromatic rings. The lowest BCUT2D eigenvalue weighted by Gasteiger charge is -2.35. The summed E-state index contributed by atoms with van der Waals surface area (Å²) in [6, 6.07) is 9.28. The molecule has 2 unspecified atom stereocenters. The molecule has 3 heteroatoms. The lowest BCUT2D eigenvalue weighted by Crippen LogP contribution is -2.48. The number of hydrogen-bond acceptors (Lipinski definition) is 1. The van der Waals surface area contributed by atoms with Gasteiger partial charge in [0.15, 0.2) is 0 Å². The van der Waals surface area contributed by atoms with Crippen LogP contribution in [0.4, 0.5) is 4.79 Å². The summed E-state index contributed by atoms with van der Waals surface area (Å²) in [5.74, 6) is 0. The maximum absolute atomic E-state index is 12.6. The van der Waals surface area contributed by atoms with Gasteiger partial charge in [-0.1, -0.05) is 30.7 Å². The fourth-order valence-corrected chi connectivity index (χ4v) is 3.70. The Morgan fingerprint density at radius 1 is 1.14 bits per heavy atom. The first-order valence-electron chi connectivity index (χ1n) is 8.40. The second-order valence-corrected chi connectivity index (χ2v) is 6.48. The minimum Gasteiger partial charge on any atom is -0.331 e. The maximum Gasteiger partial charge on any atom is 0.318 e. The van der Waals surface area contributed by atoms with Crippen molar-refractivity contribution in [2.75, 3.05) is 6.54 Å². The summed E-state index contributed by atoms with van der Waals surface area (Å²) in [7, 11) is 0. The molecule has 2 atom stereocenters. The Labute approximate surface area is 127 Å². The fourth-order valence-electron chi connectivity index (χ4n) is 3.70. The molecule has 0 radical (unpaired) electrons. The van der Waals surface area contributed by atoms with Gasteiger partial charge < -0.3 is 10.2 Å². The molecule has 2 aliphatic rings. The number of aryl methyl sites for hydroxylation is 1. The van der Waals surface area contributed by atoms with Crippen LogP contribution in [0.1, 0.15) is 62.6 Å². The van der Waals surface area contributed by atoms with E-state index in [4.69, 9.17) is 0 Å². The average molecular weight is 286 g/mol. The van der Waals surface area contributed by atoms with Crippen LogP contribution >= 0.6 is 0 Å². The van der Waals surface area contributed by atoms with Crippen molar-refractivity contribution in [3.63, 3.8) is 0 Å². The Bertz CT molecular complexity index is 500. The quantitative estimate of drug-likeness (QED) is 0.776. The number of carbonyl (C=O) groups is 1. The molecule has 3 rings (SSSR count). The van der Waals surface area contributed by atoms with Crippen LogP contribution in [-0.4, -0.2) is 23.5 Å². The highest BCUT2D eigenvalue weighted by molar-refractivity contribution is 5.75. The van der Waals surface area contributed by atoms with E-state index in [1.807, 2.05) is 4.90 Å². The van der Waals surface area contributed by atoms with Gasteiger partial charge in [0.1, 0.15) is 0 Å². The number of rotatable bonds is 1. The zero-order valence-electron chi connectivity index (χ0n) is 13.0. The number of hydrogen-bond donors (Lipinski definition) is 1. The van der Waals surface area contributed by atoms with Crippen molar-refractivity contribution in [1.29, 1.82) is 0 Å². The summed E-state index contributed by atoms with van der Waals surface area (Å²) < 4.78 is 0. The zero-order valence-corrected chi connectivity index (χ0v) is 13.0. The van der Waals surface area contributed by atoms with Crippen LogP contribution in [0.3, 0.4) is 0 Å². The Balaban J connectivity index is 1.73. The monoisotopic (exact) mass is 286 g/mol. The topological polar surface area (TPSA) is 32.3 Å². The van der Waals surface area contributed by atoms with Crippen LogP contribution in [0.15, 0.2) is 24.3 Å². The molecule has 0 saturated carbocycles. The molecule has 0 bridgehead atoms. The highest BCUT2D eigenvalue weighted by Gasteiger charge is 2.26. The zero-order chi connectivity index (χ0) is 14.7. The van der Waals surface area contributed by atoms with Gasteiger partial charge in [-0.25, -0.2) is 4.79 Å². The van der Waals surface area contributed by atoms with Crippen molar-refractivity contribution in [2.24, 2.45) is 0 Å². The van der Waals surface area contributed by atoms with Crippen LogP contribution in [-0.2, 0) is 6.42 Å². The summed E-state index contributed by atoms with van der Waals surface area (Å²) >= 11 is 0. The van der Waals surface area contributed by atoms with Gasteiger partial charge in [0.05, 0.1) is 6.04 Å². The molecule has 114 valence electrons. The summed E-state index contributed by atoms with van der Waals surface area (Å²) in [6.45, 7) is 3.07. The third-order valence-electron chi connectivity index (χ3n) is 4.98. The van der Waals surface area contributed by atoms with Crippen LogP contribution < -0.4 is 5.32 Å². The molecule has 0 aromatic heterocycles.